The highest BCUT2D eigenvalue weighted by Gasteiger charge is 2.54. The van der Waals surface area contributed by atoms with E-state index in [9.17, 15) is 9.90 Å². The monoisotopic (exact) mass is 338 g/mol. The summed E-state index contributed by atoms with van der Waals surface area (Å²) in [7, 11) is 0. The number of aliphatic hydroxyl groups is 1. The molecule has 2 saturated carbocycles. The fourth-order valence-corrected chi connectivity index (χ4v) is 6.11. The topological polar surface area (TPSA) is 46.5 Å². The van der Waals surface area contributed by atoms with Crippen LogP contribution in [0.5, 0.6) is 0 Å². The second kappa shape index (κ2) is 8.21. The Labute approximate surface area is 148 Å². The van der Waals surface area contributed by atoms with Crippen molar-refractivity contribution in [2.45, 2.75) is 85.7 Å². The first-order valence-electron chi connectivity index (χ1n) is 10.2. The van der Waals surface area contributed by atoms with E-state index >= 15 is 0 Å². The molecule has 2 aliphatic rings. The molecule has 0 amide bonds. The Morgan fingerprint density at radius 3 is 2.58 bits per heavy atom. The average Bonchev–Trinajstić information content (AvgIpc) is 2.88. The molecule has 0 heterocycles. The highest BCUT2D eigenvalue weighted by Crippen LogP contribution is 2.62. The van der Waals surface area contributed by atoms with Crippen molar-refractivity contribution in [3.8, 4) is 0 Å². The van der Waals surface area contributed by atoms with Gasteiger partial charge in [-0.05, 0) is 81.0 Å². The lowest BCUT2D eigenvalue weighted by molar-refractivity contribution is -0.143. The number of aliphatic hydroxyl groups excluding tert-OH is 1. The van der Waals surface area contributed by atoms with E-state index in [4.69, 9.17) is 4.74 Å². The summed E-state index contributed by atoms with van der Waals surface area (Å²) in [5.74, 6) is 3.01. The highest BCUT2D eigenvalue weighted by molar-refractivity contribution is 5.69. The largest absolute Gasteiger partial charge is 0.466 e. The van der Waals surface area contributed by atoms with Crippen molar-refractivity contribution >= 4 is 5.97 Å². The molecule has 7 atom stereocenters. The molecular weight excluding hydrogens is 300 g/mol. The molecule has 24 heavy (non-hydrogen) atoms. The summed E-state index contributed by atoms with van der Waals surface area (Å²) in [6.07, 6.45) is 7.49. The fourth-order valence-electron chi connectivity index (χ4n) is 6.11. The molecule has 0 aromatic carbocycles. The first-order valence-corrected chi connectivity index (χ1v) is 10.2. The number of rotatable bonds is 7. The van der Waals surface area contributed by atoms with E-state index < -0.39 is 0 Å². The number of hydrogen-bond acceptors (Lipinski definition) is 3. The van der Waals surface area contributed by atoms with Gasteiger partial charge in [0.25, 0.3) is 0 Å². The number of fused-ring (bicyclic) bond motifs is 1. The summed E-state index contributed by atoms with van der Waals surface area (Å²) >= 11 is 0. The number of hydrogen-bond donors (Lipinski definition) is 1. The van der Waals surface area contributed by atoms with Gasteiger partial charge in [-0.15, -0.1) is 0 Å². The first-order chi connectivity index (χ1) is 11.3. The predicted molar refractivity (Wildman–Crippen MR) is 97.5 cm³/mol. The Morgan fingerprint density at radius 1 is 1.29 bits per heavy atom. The molecular formula is C21H38O3. The molecule has 0 aromatic heterocycles. The van der Waals surface area contributed by atoms with E-state index in [1.165, 1.54) is 32.1 Å². The molecule has 0 spiro atoms. The predicted octanol–water partition coefficient (Wildman–Crippen LogP) is 4.82. The van der Waals surface area contributed by atoms with Gasteiger partial charge in [0.15, 0.2) is 0 Å². The van der Waals surface area contributed by atoms with Crippen molar-refractivity contribution in [1.82, 2.24) is 0 Å². The molecule has 2 fully saturated rings. The maximum atomic E-state index is 11.7. The minimum Gasteiger partial charge on any atom is -0.466 e. The molecule has 2 rings (SSSR count). The van der Waals surface area contributed by atoms with E-state index in [1.54, 1.807) is 0 Å². The van der Waals surface area contributed by atoms with E-state index in [-0.39, 0.29) is 12.1 Å². The van der Waals surface area contributed by atoms with E-state index in [0.29, 0.717) is 42.1 Å². The van der Waals surface area contributed by atoms with Gasteiger partial charge in [-0.25, -0.2) is 0 Å². The van der Waals surface area contributed by atoms with Crippen molar-refractivity contribution < 1.29 is 14.6 Å². The van der Waals surface area contributed by atoms with Crippen LogP contribution in [0, 0.1) is 35.0 Å². The van der Waals surface area contributed by atoms with E-state index in [0.717, 1.165) is 12.3 Å². The zero-order valence-corrected chi connectivity index (χ0v) is 16.4. The summed E-state index contributed by atoms with van der Waals surface area (Å²) in [6, 6.07) is 0. The molecule has 1 N–H and O–H groups in total. The van der Waals surface area contributed by atoms with Crippen LogP contribution in [0.4, 0.5) is 0 Å². The van der Waals surface area contributed by atoms with Crippen molar-refractivity contribution in [2.24, 2.45) is 35.0 Å². The molecule has 0 aromatic rings. The molecule has 3 nitrogen and oxygen atoms in total. The second-order valence-corrected chi connectivity index (χ2v) is 8.74. The van der Waals surface area contributed by atoms with Crippen molar-refractivity contribution in [1.29, 1.82) is 0 Å². The zero-order valence-electron chi connectivity index (χ0n) is 16.4. The van der Waals surface area contributed by atoms with Crippen LogP contribution in [0.15, 0.2) is 0 Å². The number of esters is 1. The van der Waals surface area contributed by atoms with Gasteiger partial charge >= 0.3 is 5.97 Å². The molecule has 4 unspecified atom stereocenters. The molecule has 140 valence electrons. The van der Waals surface area contributed by atoms with Crippen LogP contribution in [0.1, 0.15) is 79.6 Å². The van der Waals surface area contributed by atoms with Crippen LogP contribution in [-0.4, -0.2) is 23.8 Å². The summed E-state index contributed by atoms with van der Waals surface area (Å²) in [6.45, 7) is 11.4. The average molecular weight is 339 g/mol. The van der Waals surface area contributed by atoms with E-state index in [2.05, 4.69) is 20.8 Å². The summed E-state index contributed by atoms with van der Waals surface area (Å²) in [5.41, 5.74) is 0.328. The lowest BCUT2D eigenvalue weighted by Crippen LogP contribution is -2.45. The number of carbonyl (C=O) groups is 1. The maximum absolute atomic E-state index is 11.7. The van der Waals surface area contributed by atoms with Gasteiger partial charge < -0.3 is 9.84 Å². The van der Waals surface area contributed by atoms with Crippen LogP contribution < -0.4 is 0 Å². The normalized spacial score (nSPS) is 38.4. The Hall–Kier alpha value is -0.570. The van der Waals surface area contributed by atoms with Crippen molar-refractivity contribution in [2.75, 3.05) is 6.61 Å². The van der Waals surface area contributed by atoms with Gasteiger partial charge in [0.1, 0.15) is 0 Å². The molecule has 0 saturated heterocycles. The highest BCUT2D eigenvalue weighted by atomic mass is 16.5. The smallest absolute Gasteiger partial charge is 0.305 e. The second-order valence-electron chi connectivity index (χ2n) is 8.74. The first kappa shape index (κ1) is 19.8. The van der Waals surface area contributed by atoms with Crippen molar-refractivity contribution in [3.63, 3.8) is 0 Å². The summed E-state index contributed by atoms with van der Waals surface area (Å²) < 4.78 is 5.10. The molecule has 3 heteroatoms. The lowest BCUT2D eigenvalue weighted by atomic mass is 9.55. The van der Waals surface area contributed by atoms with E-state index in [1.807, 2.05) is 13.8 Å². The van der Waals surface area contributed by atoms with Gasteiger partial charge in [0, 0.05) is 6.42 Å². The molecule has 0 bridgehead atoms. The van der Waals surface area contributed by atoms with Crippen LogP contribution in [-0.2, 0) is 9.53 Å². The van der Waals surface area contributed by atoms with Gasteiger partial charge in [-0.1, -0.05) is 27.2 Å². The number of ether oxygens (including phenoxy) is 1. The Kier molecular flexibility index (Phi) is 6.75. The lowest BCUT2D eigenvalue weighted by Gasteiger charge is -2.50. The Morgan fingerprint density at radius 2 is 2.00 bits per heavy atom. The third-order valence-electron chi connectivity index (χ3n) is 7.33. The zero-order chi connectivity index (χ0) is 17.9. The summed E-state index contributed by atoms with van der Waals surface area (Å²) in [5, 5.41) is 10.4. The maximum Gasteiger partial charge on any atom is 0.305 e. The van der Waals surface area contributed by atoms with Gasteiger partial charge in [0.2, 0.25) is 0 Å². The van der Waals surface area contributed by atoms with Crippen LogP contribution >= 0.6 is 0 Å². The van der Waals surface area contributed by atoms with Gasteiger partial charge in [0.05, 0.1) is 12.7 Å². The fraction of sp³-hybridized carbons (Fsp3) is 0.952. The molecule has 0 radical (unpaired) electrons. The van der Waals surface area contributed by atoms with Crippen molar-refractivity contribution in [3.05, 3.63) is 0 Å². The Bertz CT molecular complexity index is 419. The standard InChI is InChI=1S/C21H38O3/c1-6-16-12-17(15(4)22)19-10-9-18(21(19,5)13-16)14(3)8-11-20(23)24-7-2/h14-19,22H,6-13H2,1-5H3/t14-,15-,16?,17?,18?,19?,21-/m1/s1. The van der Waals surface area contributed by atoms with Gasteiger partial charge in [-0.3, -0.25) is 4.79 Å². The van der Waals surface area contributed by atoms with Gasteiger partial charge in [-0.2, -0.15) is 0 Å². The SMILES string of the molecule is CCOC(=O)CC[C@@H](C)C1CCC2C([C@@H](C)O)CC(CC)C[C@@]21C. The summed E-state index contributed by atoms with van der Waals surface area (Å²) in [4.78, 5) is 11.7. The minimum atomic E-state index is -0.197. The Balaban J connectivity index is 2.08. The molecule has 0 aliphatic heterocycles. The van der Waals surface area contributed by atoms with Crippen LogP contribution in [0.25, 0.3) is 0 Å². The van der Waals surface area contributed by atoms with Crippen LogP contribution in [0.3, 0.4) is 0 Å². The molecule has 2 aliphatic carbocycles. The minimum absolute atomic E-state index is 0.0546. The third-order valence-corrected chi connectivity index (χ3v) is 7.33. The quantitative estimate of drug-likeness (QED) is 0.677. The van der Waals surface area contributed by atoms with Crippen LogP contribution in [0.2, 0.25) is 0 Å². The third kappa shape index (κ3) is 3.98. The number of carbonyl (C=O) groups excluding carboxylic acids is 1.